The molecule has 218 valence electrons. The molecule has 0 N–H and O–H groups in total. The van der Waals surface area contributed by atoms with E-state index in [9.17, 15) is 0 Å². The largest absolute Gasteiger partial charge is 0.309 e. The van der Waals surface area contributed by atoms with Crippen LogP contribution in [0.5, 0.6) is 0 Å². The summed E-state index contributed by atoms with van der Waals surface area (Å²) in [6.07, 6.45) is 3.89. The van der Waals surface area contributed by atoms with E-state index in [0.717, 1.165) is 44.3 Å². The summed E-state index contributed by atoms with van der Waals surface area (Å²) < 4.78 is 7.14. The zero-order valence-electron chi connectivity index (χ0n) is 25.2. The summed E-state index contributed by atoms with van der Waals surface area (Å²) in [7, 11) is 0. The van der Waals surface area contributed by atoms with E-state index in [1.807, 2.05) is 12.4 Å². The lowest BCUT2D eigenvalue weighted by Gasteiger charge is -2.11. The van der Waals surface area contributed by atoms with E-state index in [4.69, 9.17) is 4.98 Å². The van der Waals surface area contributed by atoms with Crippen LogP contribution in [0.1, 0.15) is 0 Å². The minimum atomic E-state index is 0.950. The average molecular weight is 600 g/mol. The fourth-order valence-corrected chi connectivity index (χ4v) is 8.04. The molecule has 11 rings (SSSR count). The Morgan fingerprint density at radius 1 is 0.404 bits per heavy atom. The first kappa shape index (κ1) is 24.8. The second-order valence-corrected chi connectivity index (χ2v) is 12.2. The van der Waals surface area contributed by atoms with Crippen molar-refractivity contribution in [3.8, 4) is 11.4 Å². The van der Waals surface area contributed by atoms with E-state index in [1.54, 1.807) is 0 Å². The summed E-state index contributed by atoms with van der Waals surface area (Å²) in [4.78, 5) is 9.80. The van der Waals surface area contributed by atoms with Gasteiger partial charge in [0, 0.05) is 55.3 Å². The molecule has 0 radical (unpaired) electrons. The normalized spacial score (nSPS) is 12.3. The van der Waals surface area contributed by atoms with Gasteiger partial charge in [0.2, 0.25) is 0 Å². The average Bonchev–Trinajstić information content (AvgIpc) is 3.80. The fraction of sp³-hybridized carbons (Fsp3) is 0. The Balaban J connectivity index is 1.43. The van der Waals surface area contributed by atoms with Crippen LogP contribution in [0.4, 0.5) is 0 Å². The third-order valence-corrected chi connectivity index (χ3v) is 9.87. The summed E-state index contributed by atoms with van der Waals surface area (Å²) in [5, 5.41) is 8.42. The molecule has 6 aromatic carbocycles. The molecule has 5 aromatic heterocycles. The van der Waals surface area contributed by atoms with Crippen molar-refractivity contribution in [1.82, 2.24) is 23.5 Å². The van der Waals surface area contributed by atoms with Crippen LogP contribution in [0, 0.1) is 0 Å². The van der Waals surface area contributed by atoms with Crippen molar-refractivity contribution in [1.29, 1.82) is 0 Å². The van der Waals surface area contributed by atoms with Gasteiger partial charge in [-0.15, -0.1) is 0 Å². The third kappa shape index (κ3) is 3.17. The highest BCUT2D eigenvalue weighted by atomic mass is 15.0. The zero-order chi connectivity index (χ0) is 30.6. The van der Waals surface area contributed by atoms with Gasteiger partial charge in [-0.3, -0.25) is 9.38 Å². The zero-order valence-corrected chi connectivity index (χ0v) is 25.2. The van der Waals surface area contributed by atoms with Crippen LogP contribution >= 0.6 is 0 Å². The highest BCUT2D eigenvalue weighted by Gasteiger charge is 2.24. The predicted octanol–water partition coefficient (Wildman–Crippen LogP) is 10.4. The first-order chi connectivity index (χ1) is 23.4. The van der Waals surface area contributed by atoms with Crippen LogP contribution < -0.4 is 0 Å². The molecule has 5 heterocycles. The molecule has 0 aliphatic heterocycles. The number of fused-ring (bicyclic) bond motifs is 16. The maximum Gasteiger partial charge on any atom is 0.146 e. The Labute approximate surface area is 268 Å². The highest BCUT2D eigenvalue weighted by Crippen LogP contribution is 2.46. The molecule has 47 heavy (non-hydrogen) atoms. The van der Waals surface area contributed by atoms with Crippen LogP contribution in [0.25, 0.3) is 93.3 Å². The number of para-hydroxylation sites is 5. The van der Waals surface area contributed by atoms with Gasteiger partial charge >= 0.3 is 0 Å². The molecular formula is C42H25N5. The van der Waals surface area contributed by atoms with Gasteiger partial charge in [0.25, 0.3) is 0 Å². The molecule has 0 amide bonds. The van der Waals surface area contributed by atoms with Gasteiger partial charge in [0.1, 0.15) is 5.65 Å². The number of hydrogen-bond donors (Lipinski definition) is 0. The Bertz CT molecular complexity index is 3060. The SMILES string of the molecule is c1ccc(-n2c3ccccc3c3c2ccc2c4c5c6ccncc6n6c7ccccc7nc6c5ccc4n(-c4ccccc4)c23)cc1. The van der Waals surface area contributed by atoms with Crippen molar-refractivity contribution in [2.24, 2.45) is 0 Å². The lowest BCUT2D eigenvalue weighted by Crippen LogP contribution is -1.95. The first-order valence-corrected chi connectivity index (χ1v) is 15.9. The van der Waals surface area contributed by atoms with Crippen LogP contribution in [0.3, 0.4) is 0 Å². The summed E-state index contributed by atoms with van der Waals surface area (Å²) in [6.45, 7) is 0. The maximum atomic E-state index is 5.20. The molecule has 5 heteroatoms. The summed E-state index contributed by atoms with van der Waals surface area (Å²) in [5.74, 6) is 0. The van der Waals surface area contributed by atoms with Crippen molar-refractivity contribution in [2.75, 3.05) is 0 Å². The number of aromatic nitrogens is 5. The molecule has 0 saturated carbocycles. The summed E-state index contributed by atoms with van der Waals surface area (Å²) >= 11 is 0. The number of pyridine rings is 2. The highest BCUT2D eigenvalue weighted by molar-refractivity contribution is 6.34. The second kappa shape index (κ2) is 9.05. The Morgan fingerprint density at radius 2 is 1.04 bits per heavy atom. The van der Waals surface area contributed by atoms with E-state index < -0.39 is 0 Å². The molecule has 5 nitrogen and oxygen atoms in total. The lowest BCUT2D eigenvalue weighted by molar-refractivity contribution is 1.17. The van der Waals surface area contributed by atoms with Crippen molar-refractivity contribution in [2.45, 2.75) is 0 Å². The standard InChI is InChI=1S/C42H25N5/c1-3-11-26(12-4-1)45-33-17-9-7-15-28(33)40-36(45)21-19-30-39-35(46(41(30)40)27-13-5-2-6-14-27)22-20-31-38(39)29-23-24-43-25-37(29)47-34-18-10-8-16-32(34)44-42(31)47/h1-25H. The molecule has 0 unspecified atom stereocenters. The molecule has 0 saturated heterocycles. The van der Waals surface area contributed by atoms with Gasteiger partial charge < -0.3 is 9.13 Å². The van der Waals surface area contributed by atoms with Crippen molar-refractivity contribution < 1.29 is 0 Å². The fourth-order valence-electron chi connectivity index (χ4n) is 8.04. The molecular weight excluding hydrogens is 574 g/mol. The molecule has 0 atom stereocenters. The second-order valence-electron chi connectivity index (χ2n) is 12.2. The van der Waals surface area contributed by atoms with Gasteiger partial charge in [-0.1, -0.05) is 72.8 Å². The molecule has 0 aliphatic rings. The quantitative estimate of drug-likeness (QED) is 0.186. The van der Waals surface area contributed by atoms with E-state index >= 15 is 0 Å². The summed E-state index contributed by atoms with van der Waals surface area (Å²) in [6, 6.07) is 50.0. The Hall–Kier alpha value is -6.46. The molecule has 0 fully saturated rings. The molecule has 0 bridgehead atoms. The van der Waals surface area contributed by atoms with Gasteiger partial charge in [0.05, 0.1) is 44.8 Å². The number of nitrogens with zero attached hydrogens (tertiary/aromatic N) is 5. The third-order valence-electron chi connectivity index (χ3n) is 9.87. The number of hydrogen-bond acceptors (Lipinski definition) is 2. The van der Waals surface area contributed by atoms with Crippen LogP contribution in [0.2, 0.25) is 0 Å². The van der Waals surface area contributed by atoms with Gasteiger partial charge in [-0.2, -0.15) is 0 Å². The predicted molar refractivity (Wildman–Crippen MR) is 194 cm³/mol. The molecule has 11 aromatic rings. The van der Waals surface area contributed by atoms with E-state index in [1.165, 1.54) is 49.0 Å². The summed E-state index contributed by atoms with van der Waals surface area (Å²) in [5.41, 5.74) is 11.1. The maximum absolute atomic E-state index is 5.20. The number of benzene rings is 6. The van der Waals surface area contributed by atoms with Crippen LogP contribution in [-0.2, 0) is 0 Å². The first-order valence-electron chi connectivity index (χ1n) is 15.9. The van der Waals surface area contributed by atoms with Crippen molar-refractivity contribution in [3.63, 3.8) is 0 Å². The molecule has 0 aliphatic carbocycles. The number of imidazole rings is 1. The monoisotopic (exact) mass is 599 g/mol. The molecule has 0 spiro atoms. The Kier molecular flexibility index (Phi) is 4.78. The van der Waals surface area contributed by atoms with Crippen LogP contribution in [0.15, 0.2) is 152 Å². The van der Waals surface area contributed by atoms with E-state index in [2.05, 4.69) is 158 Å². The topological polar surface area (TPSA) is 40.1 Å². The van der Waals surface area contributed by atoms with Crippen molar-refractivity contribution in [3.05, 3.63) is 152 Å². The lowest BCUT2D eigenvalue weighted by atomic mass is 10.00. The van der Waals surface area contributed by atoms with Crippen LogP contribution in [-0.4, -0.2) is 23.5 Å². The van der Waals surface area contributed by atoms with E-state index in [-0.39, 0.29) is 0 Å². The Morgan fingerprint density at radius 3 is 1.85 bits per heavy atom. The number of rotatable bonds is 2. The minimum Gasteiger partial charge on any atom is -0.309 e. The van der Waals surface area contributed by atoms with Gasteiger partial charge in [-0.25, -0.2) is 4.98 Å². The minimum absolute atomic E-state index is 0.950. The smallest absolute Gasteiger partial charge is 0.146 e. The van der Waals surface area contributed by atoms with Crippen molar-refractivity contribution >= 4 is 82.0 Å². The van der Waals surface area contributed by atoms with Gasteiger partial charge in [-0.05, 0) is 66.7 Å². The van der Waals surface area contributed by atoms with E-state index in [0.29, 0.717) is 0 Å². The van der Waals surface area contributed by atoms with Gasteiger partial charge in [0.15, 0.2) is 0 Å².